The standard InChI is InChI=1S/C13H16N4/c1-14-12(13-15-8-16-17-13)7-10-6-9-4-2-3-5-11(9)10/h2-5,8,10,12,14H,6-7H2,1H3,(H,15,16,17). The van der Waals surface area contributed by atoms with Gasteiger partial charge in [0.05, 0.1) is 6.04 Å². The van der Waals surface area contributed by atoms with Crippen molar-refractivity contribution in [1.29, 1.82) is 0 Å². The highest BCUT2D eigenvalue weighted by Gasteiger charge is 2.28. The van der Waals surface area contributed by atoms with E-state index >= 15 is 0 Å². The van der Waals surface area contributed by atoms with Crippen LogP contribution in [0.2, 0.25) is 0 Å². The predicted molar refractivity (Wildman–Crippen MR) is 65.7 cm³/mol. The number of aromatic amines is 1. The summed E-state index contributed by atoms with van der Waals surface area (Å²) < 4.78 is 0. The first-order chi connectivity index (χ1) is 8.38. The van der Waals surface area contributed by atoms with Crippen LogP contribution in [0.25, 0.3) is 0 Å². The van der Waals surface area contributed by atoms with E-state index in [0.29, 0.717) is 5.92 Å². The summed E-state index contributed by atoms with van der Waals surface area (Å²) in [6.07, 6.45) is 3.82. The molecule has 1 heterocycles. The second-order valence-electron chi connectivity index (χ2n) is 4.55. The molecule has 88 valence electrons. The van der Waals surface area contributed by atoms with Crippen LogP contribution in [-0.4, -0.2) is 22.2 Å². The molecule has 1 aliphatic rings. The average Bonchev–Trinajstić information content (AvgIpc) is 2.84. The smallest absolute Gasteiger partial charge is 0.141 e. The molecular formula is C13H16N4. The van der Waals surface area contributed by atoms with Crippen LogP contribution in [0.1, 0.15) is 35.3 Å². The monoisotopic (exact) mass is 228 g/mol. The van der Waals surface area contributed by atoms with Gasteiger partial charge in [-0.1, -0.05) is 24.3 Å². The van der Waals surface area contributed by atoms with Crippen molar-refractivity contribution in [2.75, 3.05) is 7.05 Å². The molecule has 2 aromatic rings. The third-order valence-corrected chi connectivity index (χ3v) is 3.59. The molecule has 17 heavy (non-hydrogen) atoms. The molecule has 0 saturated carbocycles. The molecule has 4 heteroatoms. The number of H-pyrrole nitrogens is 1. The van der Waals surface area contributed by atoms with Gasteiger partial charge in [-0.15, -0.1) is 0 Å². The maximum absolute atomic E-state index is 4.23. The fraction of sp³-hybridized carbons (Fsp3) is 0.385. The molecule has 1 aromatic carbocycles. The summed E-state index contributed by atoms with van der Waals surface area (Å²) in [5.41, 5.74) is 2.98. The van der Waals surface area contributed by atoms with Crippen LogP contribution < -0.4 is 5.32 Å². The molecule has 1 aliphatic carbocycles. The van der Waals surface area contributed by atoms with Crippen LogP contribution in [0.5, 0.6) is 0 Å². The van der Waals surface area contributed by atoms with Gasteiger partial charge in [-0.05, 0) is 36.9 Å². The molecule has 3 rings (SSSR count). The van der Waals surface area contributed by atoms with E-state index in [0.717, 1.165) is 12.2 Å². The van der Waals surface area contributed by atoms with Gasteiger partial charge in [0.15, 0.2) is 0 Å². The Hall–Kier alpha value is -1.68. The van der Waals surface area contributed by atoms with Gasteiger partial charge in [-0.3, -0.25) is 5.10 Å². The minimum atomic E-state index is 0.260. The van der Waals surface area contributed by atoms with Crippen molar-refractivity contribution in [3.8, 4) is 0 Å². The van der Waals surface area contributed by atoms with E-state index in [-0.39, 0.29) is 6.04 Å². The summed E-state index contributed by atoms with van der Waals surface area (Å²) >= 11 is 0. The quantitative estimate of drug-likeness (QED) is 0.839. The third kappa shape index (κ3) is 1.85. The predicted octanol–water partition coefficient (Wildman–Crippen LogP) is 1.80. The van der Waals surface area contributed by atoms with Crippen LogP contribution in [-0.2, 0) is 6.42 Å². The summed E-state index contributed by atoms with van der Waals surface area (Å²) in [5.74, 6) is 1.57. The Bertz CT molecular complexity index is 492. The summed E-state index contributed by atoms with van der Waals surface area (Å²) in [5, 5.41) is 10.2. The molecular weight excluding hydrogens is 212 g/mol. The molecule has 0 spiro atoms. The van der Waals surface area contributed by atoms with E-state index in [9.17, 15) is 0 Å². The third-order valence-electron chi connectivity index (χ3n) is 3.59. The van der Waals surface area contributed by atoms with Crippen molar-refractivity contribution < 1.29 is 0 Å². The fourth-order valence-corrected chi connectivity index (χ4v) is 2.61. The van der Waals surface area contributed by atoms with Crippen molar-refractivity contribution >= 4 is 0 Å². The Morgan fingerprint density at radius 1 is 1.47 bits per heavy atom. The van der Waals surface area contributed by atoms with Crippen molar-refractivity contribution in [3.63, 3.8) is 0 Å². The van der Waals surface area contributed by atoms with Gasteiger partial charge in [0.25, 0.3) is 0 Å². The van der Waals surface area contributed by atoms with Crippen molar-refractivity contribution in [2.45, 2.75) is 24.8 Å². The van der Waals surface area contributed by atoms with Crippen LogP contribution in [0.4, 0.5) is 0 Å². The SMILES string of the molecule is CNC(CC1Cc2ccccc21)c1ncn[nH]1. The Kier molecular flexibility index (Phi) is 2.65. The first kappa shape index (κ1) is 10.5. The van der Waals surface area contributed by atoms with Gasteiger partial charge in [0, 0.05) is 0 Å². The van der Waals surface area contributed by atoms with Gasteiger partial charge >= 0.3 is 0 Å². The zero-order valence-electron chi connectivity index (χ0n) is 9.85. The summed E-state index contributed by atoms with van der Waals surface area (Å²) in [6.45, 7) is 0. The molecule has 0 bridgehead atoms. The van der Waals surface area contributed by atoms with Gasteiger partial charge in [-0.2, -0.15) is 5.10 Å². The zero-order valence-corrected chi connectivity index (χ0v) is 9.85. The number of hydrogen-bond acceptors (Lipinski definition) is 3. The molecule has 1 aromatic heterocycles. The first-order valence-corrected chi connectivity index (χ1v) is 5.99. The lowest BCUT2D eigenvalue weighted by Gasteiger charge is -2.32. The number of benzene rings is 1. The zero-order chi connectivity index (χ0) is 11.7. The van der Waals surface area contributed by atoms with Crippen molar-refractivity contribution in [3.05, 3.63) is 47.5 Å². The van der Waals surface area contributed by atoms with E-state index < -0.39 is 0 Å². The van der Waals surface area contributed by atoms with E-state index in [1.165, 1.54) is 17.5 Å². The first-order valence-electron chi connectivity index (χ1n) is 5.99. The molecule has 0 fully saturated rings. The minimum Gasteiger partial charge on any atom is -0.310 e. The van der Waals surface area contributed by atoms with Crippen LogP contribution in [0.3, 0.4) is 0 Å². The Morgan fingerprint density at radius 3 is 3.06 bits per heavy atom. The molecule has 2 unspecified atom stereocenters. The second-order valence-corrected chi connectivity index (χ2v) is 4.55. The minimum absolute atomic E-state index is 0.260. The largest absolute Gasteiger partial charge is 0.310 e. The molecule has 4 nitrogen and oxygen atoms in total. The lowest BCUT2D eigenvalue weighted by atomic mass is 9.74. The fourth-order valence-electron chi connectivity index (χ4n) is 2.61. The van der Waals surface area contributed by atoms with Crippen molar-refractivity contribution in [1.82, 2.24) is 20.5 Å². The second kappa shape index (κ2) is 4.30. The van der Waals surface area contributed by atoms with Crippen LogP contribution in [0, 0.1) is 0 Å². The maximum atomic E-state index is 4.23. The number of nitrogens with zero attached hydrogens (tertiary/aromatic N) is 2. The average molecular weight is 228 g/mol. The van der Waals surface area contributed by atoms with Crippen LogP contribution >= 0.6 is 0 Å². The van der Waals surface area contributed by atoms with Crippen molar-refractivity contribution in [2.24, 2.45) is 0 Å². The summed E-state index contributed by atoms with van der Waals surface area (Å²) in [6, 6.07) is 8.94. The lowest BCUT2D eigenvalue weighted by molar-refractivity contribution is 0.438. The van der Waals surface area contributed by atoms with Gasteiger partial charge in [-0.25, -0.2) is 4.98 Å². The molecule has 2 N–H and O–H groups in total. The van der Waals surface area contributed by atoms with Gasteiger partial charge in [0.2, 0.25) is 0 Å². The Morgan fingerprint density at radius 2 is 2.35 bits per heavy atom. The maximum Gasteiger partial charge on any atom is 0.141 e. The highest BCUT2D eigenvalue weighted by Crippen LogP contribution is 2.40. The summed E-state index contributed by atoms with van der Waals surface area (Å²) in [7, 11) is 1.97. The number of aromatic nitrogens is 3. The van der Waals surface area contributed by atoms with E-state index in [4.69, 9.17) is 0 Å². The number of nitrogens with one attached hydrogen (secondary N) is 2. The molecule has 0 radical (unpaired) electrons. The molecule has 0 saturated heterocycles. The highest BCUT2D eigenvalue weighted by atomic mass is 15.2. The molecule has 2 atom stereocenters. The number of fused-ring (bicyclic) bond motifs is 1. The molecule has 0 amide bonds. The number of rotatable bonds is 4. The summed E-state index contributed by atoms with van der Waals surface area (Å²) in [4.78, 5) is 4.23. The van der Waals surface area contributed by atoms with Crippen LogP contribution in [0.15, 0.2) is 30.6 Å². The Labute approximate surface area is 100 Å². The Balaban J connectivity index is 1.73. The van der Waals surface area contributed by atoms with E-state index in [1.807, 2.05) is 7.05 Å². The number of hydrogen-bond donors (Lipinski definition) is 2. The lowest BCUT2D eigenvalue weighted by Crippen LogP contribution is -2.25. The topological polar surface area (TPSA) is 53.6 Å². The van der Waals surface area contributed by atoms with Gasteiger partial charge in [0.1, 0.15) is 12.2 Å². The van der Waals surface area contributed by atoms with E-state index in [1.54, 1.807) is 6.33 Å². The van der Waals surface area contributed by atoms with E-state index in [2.05, 4.69) is 44.8 Å². The highest BCUT2D eigenvalue weighted by molar-refractivity contribution is 5.40. The normalized spacial score (nSPS) is 19.5. The van der Waals surface area contributed by atoms with Gasteiger partial charge < -0.3 is 5.32 Å². The molecule has 0 aliphatic heterocycles.